The first-order valence-electron chi connectivity index (χ1n) is 11.2. The lowest BCUT2D eigenvalue weighted by atomic mass is 10.1. The molecule has 6 heteroatoms. The lowest BCUT2D eigenvalue weighted by Crippen LogP contribution is -2.45. The SMILES string of the molecule is CCn1c(-c2nc3cc(C(=O)N4CCCC(N)C4)ccc3n2CC)cc2ccccc21. The molecule has 0 spiro atoms. The fourth-order valence-corrected chi connectivity index (χ4v) is 4.89. The Morgan fingerprint density at radius 1 is 1.06 bits per heavy atom. The summed E-state index contributed by atoms with van der Waals surface area (Å²) in [6.07, 6.45) is 1.95. The summed E-state index contributed by atoms with van der Waals surface area (Å²) in [5.74, 6) is 0.993. The molecule has 1 atom stereocenters. The summed E-state index contributed by atoms with van der Waals surface area (Å²) in [6, 6.07) is 16.6. The third-order valence-corrected chi connectivity index (χ3v) is 6.41. The van der Waals surface area contributed by atoms with Gasteiger partial charge < -0.3 is 19.8 Å². The third-order valence-electron chi connectivity index (χ3n) is 6.41. The average molecular weight is 416 g/mol. The monoisotopic (exact) mass is 415 g/mol. The molecule has 4 aromatic rings. The third kappa shape index (κ3) is 3.31. The maximum atomic E-state index is 13.1. The number of para-hydroxylation sites is 1. The summed E-state index contributed by atoms with van der Waals surface area (Å²) >= 11 is 0. The van der Waals surface area contributed by atoms with Gasteiger partial charge >= 0.3 is 0 Å². The number of hydrogen-bond acceptors (Lipinski definition) is 3. The molecule has 5 rings (SSSR count). The Labute approximate surface area is 182 Å². The number of nitrogens with two attached hydrogens (primary N) is 1. The van der Waals surface area contributed by atoms with Gasteiger partial charge in [-0.2, -0.15) is 0 Å². The predicted molar refractivity (Wildman–Crippen MR) is 125 cm³/mol. The van der Waals surface area contributed by atoms with Gasteiger partial charge in [0.1, 0.15) is 0 Å². The Morgan fingerprint density at radius 2 is 1.87 bits per heavy atom. The van der Waals surface area contributed by atoms with Crippen molar-refractivity contribution in [3.8, 4) is 11.5 Å². The van der Waals surface area contributed by atoms with Crippen LogP contribution in [0.2, 0.25) is 0 Å². The molecule has 1 saturated heterocycles. The second kappa shape index (κ2) is 7.85. The standard InChI is InChI=1S/C25H29N5O/c1-3-29-21-10-6-5-8-17(21)15-23(29)24-27-20-14-18(11-12-22(20)30(24)4-2)25(31)28-13-7-9-19(26)16-28/h5-6,8,10-12,14-15,19H,3-4,7,9,13,16,26H2,1-2H3. The fourth-order valence-electron chi connectivity index (χ4n) is 4.89. The van der Waals surface area contributed by atoms with E-state index in [-0.39, 0.29) is 11.9 Å². The van der Waals surface area contributed by atoms with Crippen molar-refractivity contribution in [2.24, 2.45) is 5.73 Å². The molecule has 31 heavy (non-hydrogen) atoms. The summed E-state index contributed by atoms with van der Waals surface area (Å²) in [5, 5.41) is 1.21. The molecule has 160 valence electrons. The van der Waals surface area contributed by atoms with Crippen molar-refractivity contribution < 1.29 is 4.79 Å². The van der Waals surface area contributed by atoms with Gasteiger partial charge in [-0.05, 0) is 57.0 Å². The average Bonchev–Trinajstić information content (AvgIpc) is 3.35. The highest BCUT2D eigenvalue weighted by Gasteiger charge is 2.23. The van der Waals surface area contributed by atoms with Crippen molar-refractivity contribution in [2.45, 2.75) is 45.8 Å². The van der Waals surface area contributed by atoms with E-state index in [1.165, 1.54) is 10.9 Å². The van der Waals surface area contributed by atoms with Crippen molar-refractivity contribution in [1.82, 2.24) is 19.0 Å². The number of piperidine rings is 1. The molecule has 0 saturated carbocycles. The van der Waals surface area contributed by atoms with Crippen LogP contribution in [-0.2, 0) is 13.1 Å². The number of carbonyl (C=O) groups is 1. The van der Waals surface area contributed by atoms with E-state index >= 15 is 0 Å². The van der Waals surface area contributed by atoms with Crippen LogP contribution < -0.4 is 5.73 Å². The number of benzene rings is 2. The summed E-state index contributed by atoms with van der Waals surface area (Å²) in [4.78, 5) is 20.0. The van der Waals surface area contributed by atoms with Gasteiger partial charge in [-0.1, -0.05) is 18.2 Å². The summed E-state index contributed by atoms with van der Waals surface area (Å²) in [5.41, 5.74) is 11.0. The van der Waals surface area contributed by atoms with Gasteiger partial charge in [0.15, 0.2) is 5.82 Å². The number of carbonyl (C=O) groups excluding carboxylic acids is 1. The zero-order valence-electron chi connectivity index (χ0n) is 18.2. The maximum Gasteiger partial charge on any atom is 0.253 e. The quantitative estimate of drug-likeness (QED) is 0.541. The van der Waals surface area contributed by atoms with Gasteiger partial charge in [0.2, 0.25) is 0 Å². The van der Waals surface area contributed by atoms with Crippen LogP contribution in [0.25, 0.3) is 33.5 Å². The highest BCUT2D eigenvalue weighted by Crippen LogP contribution is 2.31. The Hall–Kier alpha value is -3.12. The number of likely N-dealkylation sites (tertiary alicyclic amines) is 1. The first-order valence-corrected chi connectivity index (χ1v) is 11.2. The van der Waals surface area contributed by atoms with E-state index in [4.69, 9.17) is 10.7 Å². The number of aryl methyl sites for hydroxylation is 2. The number of nitrogens with zero attached hydrogens (tertiary/aromatic N) is 4. The van der Waals surface area contributed by atoms with E-state index in [0.717, 1.165) is 55.0 Å². The van der Waals surface area contributed by atoms with E-state index in [1.807, 2.05) is 23.1 Å². The molecule has 0 aliphatic carbocycles. The largest absolute Gasteiger partial charge is 0.338 e. The predicted octanol–water partition coefficient (Wildman–Crippen LogP) is 4.26. The lowest BCUT2D eigenvalue weighted by Gasteiger charge is -2.30. The van der Waals surface area contributed by atoms with Crippen LogP contribution in [0.4, 0.5) is 0 Å². The van der Waals surface area contributed by atoms with E-state index in [0.29, 0.717) is 12.1 Å². The van der Waals surface area contributed by atoms with Crippen LogP contribution >= 0.6 is 0 Å². The lowest BCUT2D eigenvalue weighted by molar-refractivity contribution is 0.0709. The normalized spacial score (nSPS) is 17.0. The molecule has 3 heterocycles. The topological polar surface area (TPSA) is 69.1 Å². The Morgan fingerprint density at radius 3 is 2.65 bits per heavy atom. The molecule has 0 radical (unpaired) electrons. The minimum atomic E-state index is 0.0484. The van der Waals surface area contributed by atoms with Gasteiger partial charge in [-0.3, -0.25) is 4.79 Å². The van der Waals surface area contributed by atoms with Crippen molar-refractivity contribution in [2.75, 3.05) is 13.1 Å². The van der Waals surface area contributed by atoms with Crippen LogP contribution in [0, 0.1) is 0 Å². The zero-order chi connectivity index (χ0) is 21.5. The molecule has 2 N–H and O–H groups in total. The maximum absolute atomic E-state index is 13.1. The molecule has 1 amide bonds. The van der Waals surface area contributed by atoms with Crippen LogP contribution in [0.5, 0.6) is 0 Å². The van der Waals surface area contributed by atoms with E-state index in [1.54, 1.807) is 0 Å². The number of rotatable bonds is 4. The van der Waals surface area contributed by atoms with Crippen molar-refractivity contribution in [3.05, 3.63) is 54.1 Å². The first-order chi connectivity index (χ1) is 15.1. The Kier molecular flexibility index (Phi) is 5.02. The molecule has 1 aliphatic rings. The molecular formula is C25H29N5O. The summed E-state index contributed by atoms with van der Waals surface area (Å²) < 4.78 is 4.55. The van der Waals surface area contributed by atoms with E-state index < -0.39 is 0 Å². The van der Waals surface area contributed by atoms with Gasteiger partial charge in [-0.15, -0.1) is 0 Å². The summed E-state index contributed by atoms with van der Waals surface area (Å²) in [6.45, 7) is 7.38. The number of amides is 1. The minimum absolute atomic E-state index is 0.0484. The van der Waals surface area contributed by atoms with Crippen LogP contribution in [0.1, 0.15) is 37.0 Å². The number of fused-ring (bicyclic) bond motifs is 2. The summed E-state index contributed by atoms with van der Waals surface area (Å²) in [7, 11) is 0. The molecule has 1 unspecified atom stereocenters. The molecule has 1 fully saturated rings. The van der Waals surface area contributed by atoms with Crippen molar-refractivity contribution in [1.29, 1.82) is 0 Å². The molecular weight excluding hydrogens is 386 g/mol. The zero-order valence-corrected chi connectivity index (χ0v) is 18.2. The minimum Gasteiger partial charge on any atom is -0.338 e. The highest BCUT2D eigenvalue weighted by atomic mass is 16.2. The second-order valence-corrected chi connectivity index (χ2v) is 8.37. The molecule has 1 aliphatic heterocycles. The fraction of sp³-hybridized carbons (Fsp3) is 0.360. The number of hydrogen-bond donors (Lipinski definition) is 1. The van der Waals surface area contributed by atoms with Crippen LogP contribution in [0.3, 0.4) is 0 Å². The molecule has 0 bridgehead atoms. The van der Waals surface area contributed by atoms with E-state index in [2.05, 4.69) is 53.3 Å². The Balaban J connectivity index is 1.60. The van der Waals surface area contributed by atoms with Gasteiger partial charge in [0.25, 0.3) is 5.91 Å². The van der Waals surface area contributed by atoms with Crippen molar-refractivity contribution in [3.63, 3.8) is 0 Å². The van der Waals surface area contributed by atoms with Gasteiger partial charge in [0, 0.05) is 48.7 Å². The first kappa shape index (κ1) is 19.8. The van der Waals surface area contributed by atoms with E-state index in [9.17, 15) is 4.79 Å². The number of aromatic nitrogens is 3. The molecule has 2 aromatic carbocycles. The molecule has 2 aromatic heterocycles. The van der Waals surface area contributed by atoms with Crippen LogP contribution in [0.15, 0.2) is 48.5 Å². The van der Waals surface area contributed by atoms with Gasteiger partial charge in [-0.25, -0.2) is 4.98 Å². The second-order valence-electron chi connectivity index (χ2n) is 8.37. The molecule has 6 nitrogen and oxygen atoms in total. The number of imidazole rings is 1. The smallest absolute Gasteiger partial charge is 0.253 e. The highest BCUT2D eigenvalue weighted by molar-refractivity contribution is 5.98. The van der Waals surface area contributed by atoms with Gasteiger partial charge in [0.05, 0.1) is 16.7 Å². The van der Waals surface area contributed by atoms with Crippen LogP contribution in [-0.4, -0.2) is 44.1 Å². The van der Waals surface area contributed by atoms with Crippen molar-refractivity contribution >= 4 is 27.8 Å². The Bertz CT molecular complexity index is 1270.